The molecule has 2 N–H and O–H groups in total. The van der Waals surface area contributed by atoms with Gasteiger partial charge < -0.3 is 19.7 Å². The molecule has 1 heterocycles. The lowest BCUT2D eigenvalue weighted by molar-refractivity contribution is 0.0694. The fourth-order valence-corrected chi connectivity index (χ4v) is 3.66. The summed E-state index contributed by atoms with van der Waals surface area (Å²) in [6.45, 7) is 1.49. The maximum atomic E-state index is 14.4. The van der Waals surface area contributed by atoms with Crippen LogP contribution in [0.25, 0.3) is 10.9 Å². The van der Waals surface area contributed by atoms with E-state index in [9.17, 15) is 24.2 Å². The minimum atomic E-state index is -1.35. The number of aromatic carboxylic acids is 1. The van der Waals surface area contributed by atoms with Gasteiger partial charge in [0.1, 0.15) is 11.4 Å². The maximum Gasteiger partial charge on any atom is 0.341 e. The van der Waals surface area contributed by atoms with Crippen molar-refractivity contribution in [3.63, 3.8) is 0 Å². The Morgan fingerprint density at radius 1 is 1.30 bits per heavy atom. The van der Waals surface area contributed by atoms with Crippen LogP contribution in [0.5, 0.6) is 0 Å². The van der Waals surface area contributed by atoms with Crippen LogP contribution in [0.3, 0.4) is 0 Å². The van der Waals surface area contributed by atoms with Gasteiger partial charge in [0.2, 0.25) is 5.43 Å². The van der Waals surface area contributed by atoms with E-state index in [0.717, 1.165) is 0 Å². The van der Waals surface area contributed by atoms with Crippen molar-refractivity contribution in [1.82, 2.24) is 4.57 Å². The average molecular weight is 433 g/mol. The highest BCUT2D eigenvalue weighted by atomic mass is 35.5. The molecule has 0 saturated carbocycles. The maximum absolute atomic E-state index is 14.4. The first-order valence-electron chi connectivity index (χ1n) is 9.31. The van der Waals surface area contributed by atoms with Gasteiger partial charge in [-0.2, -0.15) is 0 Å². The predicted molar refractivity (Wildman–Crippen MR) is 116 cm³/mol. The standard InChI is InChI=1S/C22H22ClFN2O4/c1-12(11-27)26-10-16(22(29)30)21(28)15-8-13(9-18(20(15)26)25(2)3)7-14-5-4-6-17(23)19(14)24/h4-6,8-10,12,27H,7,11H2,1-3H3,(H,29,30)/t12-/m0/s1. The Morgan fingerprint density at radius 2 is 2.00 bits per heavy atom. The van der Waals surface area contributed by atoms with E-state index in [1.165, 1.54) is 12.3 Å². The number of carboxylic acids is 1. The number of nitrogens with zero attached hydrogens (tertiary/aromatic N) is 2. The molecule has 0 aliphatic carbocycles. The van der Waals surface area contributed by atoms with E-state index >= 15 is 0 Å². The van der Waals surface area contributed by atoms with Crippen molar-refractivity contribution in [2.45, 2.75) is 19.4 Å². The number of carbonyl (C=O) groups is 1. The minimum Gasteiger partial charge on any atom is -0.477 e. The fourth-order valence-electron chi connectivity index (χ4n) is 3.46. The van der Waals surface area contributed by atoms with Crippen LogP contribution >= 0.6 is 11.6 Å². The molecule has 0 radical (unpaired) electrons. The molecule has 0 aliphatic heterocycles. The lowest BCUT2D eigenvalue weighted by Crippen LogP contribution is -2.23. The van der Waals surface area contributed by atoms with Crippen molar-refractivity contribution in [2.75, 3.05) is 25.6 Å². The van der Waals surface area contributed by atoms with Gasteiger partial charge in [-0.15, -0.1) is 0 Å². The summed E-state index contributed by atoms with van der Waals surface area (Å²) in [6, 6.07) is 7.66. The molecule has 3 aromatic rings. The van der Waals surface area contributed by atoms with Crippen LogP contribution in [0, 0.1) is 5.82 Å². The molecule has 8 heteroatoms. The third-order valence-corrected chi connectivity index (χ3v) is 5.33. The third kappa shape index (κ3) is 3.91. The van der Waals surface area contributed by atoms with Crippen LogP contribution in [-0.2, 0) is 6.42 Å². The van der Waals surface area contributed by atoms with E-state index in [4.69, 9.17) is 11.6 Å². The summed E-state index contributed by atoms with van der Waals surface area (Å²) >= 11 is 5.88. The molecule has 0 unspecified atom stereocenters. The average Bonchev–Trinajstić information content (AvgIpc) is 2.70. The molecule has 2 aromatic carbocycles. The van der Waals surface area contributed by atoms with Crippen LogP contribution in [0.15, 0.2) is 41.3 Å². The van der Waals surface area contributed by atoms with Gasteiger partial charge in [-0.1, -0.05) is 23.7 Å². The minimum absolute atomic E-state index is 0.00779. The first-order chi connectivity index (χ1) is 14.1. The second-order valence-corrected chi connectivity index (χ2v) is 7.82. The number of pyridine rings is 1. The highest BCUT2D eigenvalue weighted by Crippen LogP contribution is 2.30. The largest absolute Gasteiger partial charge is 0.477 e. The van der Waals surface area contributed by atoms with E-state index in [1.807, 2.05) is 6.07 Å². The number of aromatic nitrogens is 1. The monoisotopic (exact) mass is 432 g/mol. The smallest absolute Gasteiger partial charge is 0.341 e. The molecule has 0 amide bonds. The molecule has 6 nitrogen and oxygen atoms in total. The number of benzene rings is 2. The number of aliphatic hydroxyl groups is 1. The third-order valence-electron chi connectivity index (χ3n) is 5.04. The Morgan fingerprint density at radius 3 is 2.60 bits per heavy atom. The number of hydrogen-bond acceptors (Lipinski definition) is 4. The second-order valence-electron chi connectivity index (χ2n) is 7.41. The summed E-state index contributed by atoms with van der Waals surface area (Å²) in [7, 11) is 3.59. The normalized spacial score (nSPS) is 12.2. The molecular weight excluding hydrogens is 411 g/mol. The summed E-state index contributed by atoms with van der Waals surface area (Å²) in [5.74, 6) is -1.88. The molecule has 1 aromatic heterocycles. The van der Waals surface area contributed by atoms with Gasteiger partial charge in [-0.25, -0.2) is 9.18 Å². The second kappa shape index (κ2) is 8.45. The van der Waals surface area contributed by atoms with Crippen molar-refractivity contribution < 1.29 is 19.4 Å². The lowest BCUT2D eigenvalue weighted by Gasteiger charge is -2.24. The molecule has 3 rings (SSSR count). The highest BCUT2D eigenvalue weighted by molar-refractivity contribution is 6.30. The summed E-state index contributed by atoms with van der Waals surface area (Å²) in [4.78, 5) is 26.4. The van der Waals surface area contributed by atoms with E-state index in [0.29, 0.717) is 22.3 Å². The van der Waals surface area contributed by atoms with E-state index in [-0.39, 0.29) is 23.4 Å². The number of fused-ring (bicyclic) bond motifs is 1. The van der Waals surface area contributed by atoms with Crippen LogP contribution in [0.4, 0.5) is 10.1 Å². The van der Waals surface area contributed by atoms with E-state index in [1.54, 1.807) is 48.7 Å². The predicted octanol–water partition coefficient (Wildman–Crippen LogP) is 3.70. The zero-order chi connectivity index (χ0) is 22.2. The van der Waals surface area contributed by atoms with Crippen molar-refractivity contribution >= 4 is 34.2 Å². The summed E-state index contributed by atoms with van der Waals surface area (Å²) in [5, 5.41) is 19.4. The lowest BCUT2D eigenvalue weighted by atomic mass is 9.99. The molecule has 0 spiro atoms. The molecular formula is C22H22ClFN2O4. The van der Waals surface area contributed by atoms with Crippen molar-refractivity contribution in [2.24, 2.45) is 0 Å². The van der Waals surface area contributed by atoms with E-state index in [2.05, 4.69) is 0 Å². The van der Waals surface area contributed by atoms with Gasteiger partial charge in [-0.3, -0.25) is 4.79 Å². The Kier molecular flexibility index (Phi) is 6.14. The number of carboxylic acid groups (broad SMARTS) is 1. The SMILES string of the molecule is C[C@@H](CO)n1cc(C(=O)O)c(=O)c2cc(Cc3cccc(Cl)c3F)cc(N(C)C)c21. The zero-order valence-corrected chi connectivity index (χ0v) is 17.6. The van der Waals surface area contributed by atoms with Crippen molar-refractivity contribution in [3.8, 4) is 0 Å². The quantitative estimate of drug-likeness (QED) is 0.620. The summed E-state index contributed by atoms with van der Waals surface area (Å²) in [6.07, 6.45) is 1.44. The highest BCUT2D eigenvalue weighted by Gasteiger charge is 2.21. The van der Waals surface area contributed by atoms with Gasteiger partial charge in [0.15, 0.2) is 0 Å². The molecule has 158 valence electrons. The van der Waals surface area contributed by atoms with Crippen LogP contribution in [0.2, 0.25) is 5.02 Å². The molecule has 0 bridgehead atoms. The molecule has 0 fully saturated rings. The van der Waals surface area contributed by atoms with Crippen molar-refractivity contribution in [1.29, 1.82) is 0 Å². The molecule has 0 saturated heterocycles. The number of hydrogen-bond donors (Lipinski definition) is 2. The first-order valence-corrected chi connectivity index (χ1v) is 9.69. The van der Waals surface area contributed by atoms with Crippen LogP contribution in [0.1, 0.15) is 34.5 Å². The Bertz CT molecular complexity index is 1190. The number of anilines is 1. The number of halogens is 2. The van der Waals surface area contributed by atoms with Gasteiger partial charge in [0, 0.05) is 32.1 Å². The Balaban J connectivity index is 2.35. The van der Waals surface area contributed by atoms with Crippen LogP contribution < -0.4 is 10.3 Å². The fraction of sp³-hybridized carbons (Fsp3) is 0.273. The Hall–Kier alpha value is -2.90. The molecule has 30 heavy (non-hydrogen) atoms. The van der Waals surface area contributed by atoms with Gasteiger partial charge in [0.25, 0.3) is 0 Å². The van der Waals surface area contributed by atoms with Crippen LogP contribution in [-0.4, -0.2) is 41.5 Å². The summed E-state index contributed by atoms with van der Waals surface area (Å²) < 4.78 is 16.0. The van der Waals surface area contributed by atoms with Gasteiger partial charge in [0.05, 0.1) is 28.9 Å². The van der Waals surface area contributed by atoms with E-state index < -0.39 is 28.8 Å². The number of aliphatic hydroxyl groups excluding tert-OH is 1. The summed E-state index contributed by atoms with van der Waals surface area (Å²) in [5.41, 5.74) is 1.14. The first kappa shape index (κ1) is 21.8. The topological polar surface area (TPSA) is 82.8 Å². The molecule has 1 atom stereocenters. The zero-order valence-electron chi connectivity index (χ0n) is 16.8. The van der Waals surface area contributed by atoms with Gasteiger partial charge >= 0.3 is 5.97 Å². The Labute approximate surface area is 177 Å². The van der Waals surface area contributed by atoms with Gasteiger partial charge in [-0.05, 0) is 36.2 Å². The number of rotatable bonds is 6. The van der Waals surface area contributed by atoms with Crippen molar-refractivity contribution in [3.05, 3.63) is 74.3 Å². The molecule has 0 aliphatic rings.